The Labute approximate surface area is 499 Å². The van der Waals surface area contributed by atoms with Gasteiger partial charge in [-0.15, -0.1) is 0 Å². The van der Waals surface area contributed by atoms with Crippen LogP contribution in [0.1, 0.15) is 251 Å². The number of hydrogen-bond acceptors (Lipinski definition) is 6. The fourth-order valence-corrected chi connectivity index (χ4v) is 9.43. The molecule has 0 bridgehead atoms. The zero-order valence-electron chi connectivity index (χ0n) is 52.7. The summed E-state index contributed by atoms with van der Waals surface area (Å²) in [6.45, 7) is 4.50. The minimum absolute atomic E-state index is 0.0191. The number of aliphatic hydroxyl groups is 1. The van der Waals surface area contributed by atoms with E-state index in [-0.39, 0.29) is 12.5 Å². The molecular weight excluding hydrogens is 1020 g/mol. The monoisotopic (exact) mass is 1140 g/mol. The quantitative estimate of drug-likeness (QED) is 0.0272. The third-order valence-corrected chi connectivity index (χ3v) is 14.7. The Kier molecular flexibility index (Phi) is 58.2. The summed E-state index contributed by atoms with van der Waals surface area (Å²) < 4.78 is 23.4. The van der Waals surface area contributed by atoms with Crippen molar-refractivity contribution < 1.29 is 32.9 Å². The van der Waals surface area contributed by atoms with Crippen LogP contribution in [0.3, 0.4) is 0 Å². The van der Waals surface area contributed by atoms with E-state index in [0.29, 0.717) is 17.4 Å². The molecule has 0 aromatic rings. The third kappa shape index (κ3) is 63.8. The lowest BCUT2D eigenvalue weighted by atomic mass is 10.0. The van der Waals surface area contributed by atoms with Gasteiger partial charge in [0.15, 0.2) is 0 Å². The predicted molar refractivity (Wildman–Crippen MR) is 352 cm³/mol. The average molecular weight is 1140 g/mol. The second kappa shape index (κ2) is 61.0. The van der Waals surface area contributed by atoms with E-state index in [0.717, 1.165) is 116 Å². The molecular formula is C72H123N2O6P. The van der Waals surface area contributed by atoms with Crippen molar-refractivity contribution in [3.63, 3.8) is 0 Å². The van der Waals surface area contributed by atoms with Crippen molar-refractivity contribution in [2.75, 3.05) is 40.9 Å². The van der Waals surface area contributed by atoms with Crippen molar-refractivity contribution in [2.24, 2.45) is 0 Å². The first-order valence-electron chi connectivity index (χ1n) is 32.7. The molecule has 8 nitrogen and oxygen atoms in total. The van der Waals surface area contributed by atoms with E-state index in [2.05, 4.69) is 153 Å². The molecule has 9 heteroatoms. The normalized spacial score (nSPS) is 14.7. The van der Waals surface area contributed by atoms with Crippen LogP contribution in [0.15, 0.2) is 146 Å². The molecule has 2 N–H and O–H groups in total. The van der Waals surface area contributed by atoms with Gasteiger partial charge in [-0.2, -0.15) is 0 Å². The van der Waals surface area contributed by atoms with Crippen LogP contribution in [-0.4, -0.2) is 68.5 Å². The lowest BCUT2D eigenvalue weighted by Crippen LogP contribution is -2.45. The number of phosphoric acid groups is 1. The molecule has 0 rings (SSSR count). The first-order chi connectivity index (χ1) is 39.5. The van der Waals surface area contributed by atoms with E-state index in [4.69, 9.17) is 9.05 Å². The Balaban J connectivity index is 4.27. The molecule has 0 aromatic carbocycles. The van der Waals surface area contributed by atoms with Crippen LogP contribution in [-0.2, 0) is 18.4 Å². The number of hydrogen-bond donors (Lipinski definition) is 2. The van der Waals surface area contributed by atoms with Gasteiger partial charge in [0.2, 0.25) is 5.91 Å². The maximum absolute atomic E-state index is 13.0. The fourth-order valence-electron chi connectivity index (χ4n) is 8.71. The minimum Gasteiger partial charge on any atom is -0.756 e. The molecule has 0 saturated heterocycles. The molecule has 0 radical (unpaired) electrons. The number of phosphoric ester groups is 1. The smallest absolute Gasteiger partial charge is 0.268 e. The molecule has 0 aliphatic heterocycles. The Morgan fingerprint density at radius 2 is 0.765 bits per heavy atom. The van der Waals surface area contributed by atoms with Crippen LogP contribution < -0.4 is 10.2 Å². The highest BCUT2D eigenvalue weighted by molar-refractivity contribution is 7.45. The zero-order chi connectivity index (χ0) is 59.1. The second-order valence-electron chi connectivity index (χ2n) is 22.7. The summed E-state index contributed by atoms with van der Waals surface area (Å²) in [5.74, 6) is -0.228. The molecule has 0 heterocycles. The van der Waals surface area contributed by atoms with E-state index in [1.165, 1.54) is 116 Å². The number of rotatable bonds is 58. The maximum atomic E-state index is 13.0. The molecule has 1 amide bonds. The van der Waals surface area contributed by atoms with Crippen molar-refractivity contribution in [3.05, 3.63) is 146 Å². The summed E-state index contributed by atoms with van der Waals surface area (Å²) in [5.41, 5.74) is 0. The van der Waals surface area contributed by atoms with Gasteiger partial charge >= 0.3 is 0 Å². The molecule has 0 aromatic heterocycles. The van der Waals surface area contributed by atoms with Crippen molar-refractivity contribution in [1.29, 1.82) is 0 Å². The largest absolute Gasteiger partial charge is 0.756 e. The predicted octanol–water partition coefficient (Wildman–Crippen LogP) is 20.2. The number of allylic oxidation sites excluding steroid dienone is 23. The maximum Gasteiger partial charge on any atom is 0.268 e. The van der Waals surface area contributed by atoms with Gasteiger partial charge in [0.05, 0.1) is 39.9 Å². The van der Waals surface area contributed by atoms with Gasteiger partial charge in [0, 0.05) is 6.42 Å². The van der Waals surface area contributed by atoms with E-state index in [9.17, 15) is 19.4 Å². The number of carbonyl (C=O) groups is 1. The van der Waals surface area contributed by atoms with E-state index >= 15 is 0 Å². The van der Waals surface area contributed by atoms with Gasteiger partial charge < -0.3 is 28.8 Å². The fraction of sp³-hybridized carbons (Fsp3) is 0.653. The average Bonchev–Trinajstić information content (AvgIpc) is 3.43. The van der Waals surface area contributed by atoms with Crippen molar-refractivity contribution in [2.45, 2.75) is 264 Å². The first-order valence-corrected chi connectivity index (χ1v) is 34.2. The van der Waals surface area contributed by atoms with E-state index < -0.39 is 26.6 Å². The summed E-state index contributed by atoms with van der Waals surface area (Å²) in [4.78, 5) is 25.6. The van der Waals surface area contributed by atoms with Gasteiger partial charge in [0.25, 0.3) is 7.82 Å². The summed E-state index contributed by atoms with van der Waals surface area (Å²) in [7, 11) is 1.21. The number of quaternary nitrogens is 1. The summed E-state index contributed by atoms with van der Waals surface area (Å²) in [6.07, 6.45) is 93.7. The van der Waals surface area contributed by atoms with Gasteiger partial charge in [-0.1, -0.05) is 275 Å². The molecule has 0 fully saturated rings. The van der Waals surface area contributed by atoms with Crippen molar-refractivity contribution in [1.82, 2.24) is 5.32 Å². The van der Waals surface area contributed by atoms with Gasteiger partial charge in [-0.3, -0.25) is 9.36 Å². The Hall–Kier alpha value is -3.62. The number of amides is 1. The number of nitrogens with zero attached hydrogens (tertiary/aromatic N) is 1. The zero-order valence-corrected chi connectivity index (χ0v) is 53.6. The number of nitrogens with one attached hydrogen (secondary N) is 1. The molecule has 3 atom stereocenters. The summed E-state index contributed by atoms with van der Waals surface area (Å²) in [5, 5.41) is 13.9. The van der Waals surface area contributed by atoms with Gasteiger partial charge in [0.1, 0.15) is 13.2 Å². The standard InChI is InChI=1S/C72H123N2O6P/c1-6-8-10-12-14-16-18-20-22-24-26-28-30-32-33-34-35-36-37-38-39-40-41-42-44-46-48-50-52-54-56-58-60-62-64-66-72(76)73-70(69-80-81(77,78)79-68-67-74(3,4)5)71(75)65-63-61-59-57-55-53-51-49-47-45-43-31-29-27-25-23-21-19-17-15-13-11-9-7-2/h8,10,14,16,20,22,26,28,32-33,35-36,38-39,41-42,46-49,55,57,63,65,70-71,75H,6-7,9,11-13,15,17-19,21,23-25,27,29-31,34,37,40,43-45,50-54,56,58-62,64,66-69H2,1-5H3,(H-,73,76,77,78)/b10-8-,16-14-,22-20-,28-26-,33-32-,36-35-,39-38-,42-41-,48-46-,49-47+,57-55+,65-63+. The first kappa shape index (κ1) is 77.4. The van der Waals surface area contributed by atoms with Crippen molar-refractivity contribution >= 4 is 13.7 Å². The van der Waals surface area contributed by atoms with Gasteiger partial charge in [-0.05, 0) is 116 Å². The van der Waals surface area contributed by atoms with Crippen LogP contribution in [0, 0.1) is 0 Å². The number of likely N-dealkylation sites (N-methyl/N-ethyl adjacent to an activating group) is 1. The van der Waals surface area contributed by atoms with Crippen LogP contribution >= 0.6 is 7.82 Å². The van der Waals surface area contributed by atoms with Crippen LogP contribution in [0.5, 0.6) is 0 Å². The number of aliphatic hydroxyl groups excluding tert-OH is 1. The van der Waals surface area contributed by atoms with Crippen LogP contribution in [0.25, 0.3) is 0 Å². The van der Waals surface area contributed by atoms with Gasteiger partial charge in [-0.25, -0.2) is 0 Å². The SMILES string of the molecule is CC/C=C\C/C=C\C/C=C\C/C=C\C/C=C\C/C=C\C/C=C\C/C=C\C/C=C\CCCCCCCCCC(=O)NC(COP(=O)([O-])OCC[N+](C)(C)C)C(O)/C=C/CC/C=C/CC/C=C/CCCCCCCCCCCCCCCC. The van der Waals surface area contributed by atoms with Crippen LogP contribution in [0.2, 0.25) is 0 Å². The Bertz CT molecular complexity index is 1830. The van der Waals surface area contributed by atoms with Crippen LogP contribution in [0.4, 0.5) is 0 Å². The molecule has 462 valence electrons. The second-order valence-corrected chi connectivity index (χ2v) is 24.1. The highest BCUT2D eigenvalue weighted by atomic mass is 31.2. The Morgan fingerprint density at radius 1 is 0.444 bits per heavy atom. The molecule has 0 spiro atoms. The summed E-state index contributed by atoms with van der Waals surface area (Å²) in [6, 6.07) is -0.928. The molecule has 0 aliphatic rings. The molecule has 0 aliphatic carbocycles. The molecule has 81 heavy (non-hydrogen) atoms. The van der Waals surface area contributed by atoms with Crippen molar-refractivity contribution in [3.8, 4) is 0 Å². The number of carbonyl (C=O) groups excluding carboxylic acids is 1. The lowest BCUT2D eigenvalue weighted by molar-refractivity contribution is -0.870. The highest BCUT2D eigenvalue weighted by Gasteiger charge is 2.23. The number of unbranched alkanes of at least 4 members (excludes halogenated alkanes) is 23. The third-order valence-electron chi connectivity index (χ3n) is 13.8. The molecule has 0 saturated carbocycles. The summed E-state index contributed by atoms with van der Waals surface area (Å²) >= 11 is 0. The highest BCUT2D eigenvalue weighted by Crippen LogP contribution is 2.38. The van der Waals surface area contributed by atoms with E-state index in [1.54, 1.807) is 6.08 Å². The molecule has 3 unspecified atom stereocenters. The Morgan fingerprint density at radius 3 is 1.15 bits per heavy atom. The minimum atomic E-state index is -4.63. The topological polar surface area (TPSA) is 108 Å². The lowest BCUT2D eigenvalue weighted by Gasteiger charge is -2.29. The van der Waals surface area contributed by atoms with E-state index in [1.807, 2.05) is 27.2 Å².